The van der Waals surface area contributed by atoms with E-state index in [1.54, 1.807) is 0 Å². The van der Waals surface area contributed by atoms with E-state index in [9.17, 15) is 9.90 Å². The number of hydrogen-bond acceptors (Lipinski definition) is 5. The summed E-state index contributed by atoms with van der Waals surface area (Å²) in [6, 6.07) is 2.85. The van der Waals surface area contributed by atoms with Crippen LogP contribution in [0, 0.1) is 0 Å². The monoisotopic (exact) mass is 224 g/mol. The molecule has 0 bridgehead atoms. The number of ether oxygens (including phenoxy) is 2. The summed E-state index contributed by atoms with van der Waals surface area (Å²) in [5, 5.41) is 18.4. The van der Waals surface area contributed by atoms with Crippen LogP contribution in [0.1, 0.15) is 15.9 Å². The molecule has 0 radical (unpaired) electrons. The second kappa shape index (κ2) is 4.02. The van der Waals surface area contributed by atoms with Crippen LogP contribution >= 0.6 is 0 Å². The van der Waals surface area contributed by atoms with E-state index in [1.807, 2.05) is 0 Å². The molecule has 16 heavy (non-hydrogen) atoms. The quantitative estimate of drug-likeness (QED) is 0.714. The Kier molecular flexibility index (Phi) is 2.70. The molecular formula is C11H12O5. The van der Waals surface area contributed by atoms with E-state index in [0.29, 0.717) is 17.5 Å². The Hall–Kier alpha value is -1.75. The van der Waals surface area contributed by atoms with Crippen LogP contribution in [-0.2, 0) is 11.2 Å². The molecule has 1 aliphatic rings. The number of aromatic hydroxyl groups is 1. The minimum atomic E-state index is -0.550. The van der Waals surface area contributed by atoms with Gasteiger partial charge in [-0.2, -0.15) is 0 Å². The number of rotatable bonds is 2. The van der Waals surface area contributed by atoms with Gasteiger partial charge in [0.25, 0.3) is 0 Å². The highest BCUT2D eigenvalue weighted by molar-refractivity contribution is 5.95. The minimum absolute atomic E-state index is 0.0296. The molecule has 0 unspecified atom stereocenters. The predicted molar refractivity (Wildman–Crippen MR) is 54.7 cm³/mol. The van der Waals surface area contributed by atoms with Crippen LogP contribution in [0.5, 0.6) is 11.5 Å². The lowest BCUT2D eigenvalue weighted by molar-refractivity contribution is 0.00895. The van der Waals surface area contributed by atoms with Gasteiger partial charge in [-0.25, -0.2) is 4.79 Å². The first-order chi connectivity index (χ1) is 7.65. The summed E-state index contributed by atoms with van der Waals surface area (Å²) in [5.74, 6) is -0.212. The van der Waals surface area contributed by atoms with Gasteiger partial charge in [0.1, 0.15) is 23.2 Å². The van der Waals surface area contributed by atoms with Gasteiger partial charge in [0.15, 0.2) is 0 Å². The Bertz CT molecular complexity index is 427. The Morgan fingerprint density at radius 1 is 1.56 bits per heavy atom. The third-order valence-electron chi connectivity index (χ3n) is 2.52. The summed E-state index contributed by atoms with van der Waals surface area (Å²) in [5.41, 5.74) is 0.956. The summed E-state index contributed by atoms with van der Waals surface area (Å²) in [7, 11) is 1.42. The number of fused-ring (bicyclic) bond motifs is 1. The summed E-state index contributed by atoms with van der Waals surface area (Å²) >= 11 is 0. The van der Waals surface area contributed by atoms with Crippen LogP contribution < -0.4 is 4.74 Å². The van der Waals surface area contributed by atoms with Gasteiger partial charge >= 0.3 is 5.97 Å². The highest BCUT2D eigenvalue weighted by atomic mass is 16.6. The Morgan fingerprint density at radius 3 is 2.94 bits per heavy atom. The average Bonchev–Trinajstić information content (AvgIpc) is 2.26. The van der Waals surface area contributed by atoms with Crippen molar-refractivity contribution in [3.05, 3.63) is 23.3 Å². The van der Waals surface area contributed by atoms with E-state index in [-0.39, 0.29) is 18.1 Å². The van der Waals surface area contributed by atoms with Gasteiger partial charge in [-0.15, -0.1) is 0 Å². The van der Waals surface area contributed by atoms with Crippen molar-refractivity contribution in [2.24, 2.45) is 0 Å². The van der Waals surface area contributed by atoms with Crippen LogP contribution in [0.4, 0.5) is 0 Å². The van der Waals surface area contributed by atoms with Crippen molar-refractivity contribution in [2.75, 3.05) is 13.7 Å². The number of methoxy groups -OCH3 is 1. The molecule has 2 rings (SSSR count). The van der Waals surface area contributed by atoms with Gasteiger partial charge in [0.2, 0.25) is 0 Å². The number of hydrogen-bond donors (Lipinski definition) is 2. The molecule has 5 heteroatoms. The third-order valence-corrected chi connectivity index (χ3v) is 2.52. The van der Waals surface area contributed by atoms with Crippen LogP contribution in [0.15, 0.2) is 12.1 Å². The van der Waals surface area contributed by atoms with E-state index in [1.165, 1.54) is 19.2 Å². The molecule has 2 N–H and O–H groups in total. The lowest BCUT2D eigenvalue weighted by Gasteiger charge is -2.24. The molecule has 0 saturated heterocycles. The lowest BCUT2D eigenvalue weighted by atomic mass is 9.97. The molecule has 5 nitrogen and oxygen atoms in total. The van der Waals surface area contributed by atoms with Crippen LogP contribution in [0.2, 0.25) is 0 Å². The number of phenolic OH excluding ortho intramolecular Hbond substituents is 1. The van der Waals surface area contributed by atoms with Crippen LogP contribution in [-0.4, -0.2) is 36.0 Å². The van der Waals surface area contributed by atoms with Crippen molar-refractivity contribution < 1.29 is 24.5 Å². The van der Waals surface area contributed by atoms with Crippen LogP contribution in [0.25, 0.3) is 0 Å². The Balaban J connectivity index is 2.51. The lowest BCUT2D eigenvalue weighted by Crippen LogP contribution is -2.30. The van der Waals surface area contributed by atoms with Crippen molar-refractivity contribution >= 4 is 5.97 Å². The summed E-state index contributed by atoms with van der Waals surface area (Å²) in [6.45, 7) is -0.233. The molecule has 1 atom stereocenters. The Labute approximate surface area is 92.2 Å². The summed E-state index contributed by atoms with van der Waals surface area (Å²) in [6.07, 6.45) is -0.172. The topological polar surface area (TPSA) is 76.0 Å². The SMILES string of the molecule is COc1cc(O)cc2c1C(=O)O[C@H](CO)C2. The number of carbonyl (C=O) groups is 1. The molecule has 0 spiro atoms. The van der Waals surface area contributed by atoms with Gasteiger partial charge in [0.05, 0.1) is 13.7 Å². The molecular weight excluding hydrogens is 212 g/mol. The average molecular weight is 224 g/mol. The first-order valence-electron chi connectivity index (χ1n) is 4.87. The molecule has 1 aromatic carbocycles. The zero-order valence-electron chi connectivity index (χ0n) is 8.77. The molecule has 0 amide bonds. The van der Waals surface area contributed by atoms with E-state index in [4.69, 9.17) is 14.6 Å². The van der Waals surface area contributed by atoms with Crippen molar-refractivity contribution in [1.82, 2.24) is 0 Å². The number of aliphatic hydroxyl groups is 1. The number of phenols is 1. The van der Waals surface area contributed by atoms with Crippen molar-refractivity contribution in [3.63, 3.8) is 0 Å². The maximum absolute atomic E-state index is 11.7. The fourth-order valence-corrected chi connectivity index (χ4v) is 1.81. The van der Waals surface area contributed by atoms with E-state index < -0.39 is 12.1 Å². The number of cyclic esters (lactones) is 1. The van der Waals surface area contributed by atoms with Crippen molar-refractivity contribution in [2.45, 2.75) is 12.5 Å². The molecule has 0 fully saturated rings. The zero-order valence-corrected chi connectivity index (χ0v) is 8.77. The maximum atomic E-state index is 11.7. The van der Waals surface area contributed by atoms with Gasteiger partial charge in [0, 0.05) is 12.5 Å². The second-order valence-electron chi connectivity index (χ2n) is 3.60. The van der Waals surface area contributed by atoms with Gasteiger partial charge in [-0.05, 0) is 11.6 Å². The number of esters is 1. The highest BCUT2D eigenvalue weighted by Gasteiger charge is 2.29. The number of aliphatic hydroxyl groups excluding tert-OH is 1. The number of benzene rings is 1. The van der Waals surface area contributed by atoms with Gasteiger partial charge in [-0.3, -0.25) is 0 Å². The predicted octanol–water partition coefficient (Wildman–Crippen LogP) is 0.475. The second-order valence-corrected chi connectivity index (χ2v) is 3.60. The molecule has 1 aliphatic heterocycles. The number of carbonyl (C=O) groups excluding carboxylic acids is 1. The van der Waals surface area contributed by atoms with E-state index in [2.05, 4.69) is 0 Å². The standard InChI is InChI=1S/C11H12O5/c1-15-9-4-7(13)2-6-3-8(5-12)16-11(14)10(6)9/h2,4,8,12-13H,3,5H2,1H3/t8-/m0/s1. The maximum Gasteiger partial charge on any atom is 0.342 e. The Morgan fingerprint density at radius 2 is 2.31 bits per heavy atom. The molecule has 1 aromatic rings. The zero-order chi connectivity index (χ0) is 11.7. The normalized spacial score (nSPS) is 18.9. The largest absolute Gasteiger partial charge is 0.508 e. The van der Waals surface area contributed by atoms with Crippen LogP contribution in [0.3, 0.4) is 0 Å². The molecule has 1 heterocycles. The molecule has 86 valence electrons. The summed E-state index contributed by atoms with van der Waals surface area (Å²) < 4.78 is 10.0. The van der Waals surface area contributed by atoms with Crippen molar-refractivity contribution in [3.8, 4) is 11.5 Å². The van der Waals surface area contributed by atoms with E-state index in [0.717, 1.165) is 0 Å². The fourth-order valence-electron chi connectivity index (χ4n) is 1.81. The first kappa shape index (κ1) is 10.8. The highest BCUT2D eigenvalue weighted by Crippen LogP contribution is 2.32. The first-order valence-corrected chi connectivity index (χ1v) is 4.87. The smallest absolute Gasteiger partial charge is 0.342 e. The van der Waals surface area contributed by atoms with E-state index >= 15 is 0 Å². The summed E-state index contributed by atoms with van der Waals surface area (Å²) in [4.78, 5) is 11.7. The van der Waals surface area contributed by atoms with Crippen molar-refractivity contribution in [1.29, 1.82) is 0 Å². The fraction of sp³-hybridized carbons (Fsp3) is 0.364. The molecule has 0 aromatic heterocycles. The van der Waals surface area contributed by atoms with Gasteiger partial charge in [-0.1, -0.05) is 0 Å². The molecule has 0 saturated carbocycles. The third kappa shape index (κ3) is 1.69. The molecule has 0 aliphatic carbocycles. The minimum Gasteiger partial charge on any atom is -0.508 e. The van der Waals surface area contributed by atoms with Gasteiger partial charge < -0.3 is 19.7 Å².